The lowest BCUT2D eigenvalue weighted by molar-refractivity contribution is 0.0926. The summed E-state index contributed by atoms with van der Waals surface area (Å²) in [6.45, 7) is 0. The summed E-state index contributed by atoms with van der Waals surface area (Å²) in [6.07, 6.45) is 0.549. The van der Waals surface area contributed by atoms with E-state index >= 15 is 0 Å². The fourth-order valence-electron chi connectivity index (χ4n) is 3.26. The highest BCUT2D eigenvalue weighted by Crippen LogP contribution is 2.46. The zero-order valence-corrected chi connectivity index (χ0v) is 17.2. The van der Waals surface area contributed by atoms with Crippen molar-refractivity contribution in [3.05, 3.63) is 96.9 Å². The molecule has 0 saturated heterocycles. The summed E-state index contributed by atoms with van der Waals surface area (Å²) < 4.78 is 0. The molecule has 0 aliphatic carbocycles. The summed E-state index contributed by atoms with van der Waals surface area (Å²) in [5.41, 5.74) is 2.28. The SMILES string of the molecule is O=C1c2c(Cl)c(Cl)c(Cl)c(Cl)c2C(=O)N1c1ccccc1Cc1ccccc1. The molecule has 28 heavy (non-hydrogen) atoms. The minimum Gasteiger partial charge on any atom is -0.268 e. The van der Waals surface area contributed by atoms with E-state index in [2.05, 4.69) is 0 Å². The second-order valence-corrected chi connectivity index (χ2v) is 7.75. The van der Waals surface area contributed by atoms with Gasteiger partial charge in [-0.2, -0.15) is 0 Å². The molecule has 7 heteroatoms. The minimum atomic E-state index is -0.578. The van der Waals surface area contributed by atoms with Crippen LogP contribution in [0.15, 0.2) is 54.6 Å². The molecule has 4 rings (SSSR count). The first kappa shape index (κ1) is 19.3. The van der Waals surface area contributed by atoms with Gasteiger partial charge in [-0.25, -0.2) is 4.90 Å². The number of carbonyl (C=O) groups is 2. The summed E-state index contributed by atoms with van der Waals surface area (Å²) >= 11 is 24.6. The molecule has 3 nitrogen and oxygen atoms in total. The molecule has 2 amide bonds. The molecule has 0 bridgehead atoms. The fraction of sp³-hybridized carbons (Fsp3) is 0.0476. The molecule has 1 heterocycles. The Kier molecular flexibility index (Phi) is 5.11. The average molecular weight is 451 g/mol. The quantitative estimate of drug-likeness (QED) is 0.253. The van der Waals surface area contributed by atoms with Crippen molar-refractivity contribution in [3.8, 4) is 0 Å². The van der Waals surface area contributed by atoms with Gasteiger partial charge in [0.1, 0.15) is 0 Å². The maximum absolute atomic E-state index is 13.1. The molecule has 0 unspecified atom stereocenters. The Labute approximate surface area is 181 Å². The maximum atomic E-state index is 13.1. The molecule has 0 radical (unpaired) electrons. The maximum Gasteiger partial charge on any atom is 0.267 e. The van der Waals surface area contributed by atoms with Crippen LogP contribution in [0, 0.1) is 0 Å². The van der Waals surface area contributed by atoms with Gasteiger partial charge in [-0.1, -0.05) is 94.9 Å². The first-order chi connectivity index (χ1) is 13.4. The highest BCUT2D eigenvalue weighted by molar-refractivity contribution is 6.56. The number of amides is 2. The third-order valence-corrected chi connectivity index (χ3v) is 6.37. The molecule has 0 N–H and O–H groups in total. The molecule has 0 spiro atoms. The Balaban J connectivity index is 1.84. The predicted octanol–water partition coefficient (Wildman–Crippen LogP) is 6.69. The van der Waals surface area contributed by atoms with E-state index in [1.54, 1.807) is 12.1 Å². The van der Waals surface area contributed by atoms with E-state index in [0.717, 1.165) is 16.0 Å². The van der Waals surface area contributed by atoms with Crippen molar-refractivity contribution in [3.63, 3.8) is 0 Å². The average Bonchev–Trinajstić information content (AvgIpc) is 2.96. The minimum absolute atomic E-state index is 0.0272. The number of carbonyl (C=O) groups excluding carboxylic acids is 2. The predicted molar refractivity (Wildman–Crippen MR) is 113 cm³/mol. The van der Waals surface area contributed by atoms with Gasteiger partial charge in [0.25, 0.3) is 11.8 Å². The number of anilines is 1. The molecule has 3 aromatic carbocycles. The van der Waals surface area contributed by atoms with Gasteiger partial charge in [0.15, 0.2) is 0 Å². The summed E-state index contributed by atoms with van der Waals surface area (Å²) in [4.78, 5) is 27.3. The van der Waals surface area contributed by atoms with Crippen LogP contribution in [0.4, 0.5) is 5.69 Å². The van der Waals surface area contributed by atoms with E-state index in [9.17, 15) is 9.59 Å². The molecule has 1 aliphatic heterocycles. The summed E-state index contributed by atoms with van der Waals surface area (Å²) in [6, 6.07) is 17.0. The number of hydrogen-bond acceptors (Lipinski definition) is 2. The molecule has 3 aromatic rings. The lowest BCUT2D eigenvalue weighted by Crippen LogP contribution is -2.30. The van der Waals surface area contributed by atoms with Gasteiger partial charge in [0, 0.05) is 0 Å². The molecule has 140 valence electrons. The molecule has 0 fully saturated rings. The number of para-hydroxylation sites is 1. The van der Waals surface area contributed by atoms with Crippen LogP contribution in [0.25, 0.3) is 0 Å². The normalized spacial score (nSPS) is 13.2. The van der Waals surface area contributed by atoms with Crippen LogP contribution in [0.1, 0.15) is 31.8 Å². The zero-order valence-electron chi connectivity index (χ0n) is 14.2. The lowest BCUT2D eigenvalue weighted by Gasteiger charge is -2.18. The number of rotatable bonds is 3. The van der Waals surface area contributed by atoms with Crippen molar-refractivity contribution in [2.24, 2.45) is 0 Å². The number of fused-ring (bicyclic) bond motifs is 1. The standard InChI is InChI=1S/C21H11Cl4NO2/c22-16-14-15(17(23)19(25)18(16)24)21(28)26(20(14)27)13-9-5-4-8-12(13)10-11-6-2-1-3-7-11/h1-9H,10H2. The Morgan fingerprint density at radius 3 is 1.71 bits per heavy atom. The Morgan fingerprint density at radius 1 is 0.643 bits per heavy atom. The van der Waals surface area contributed by atoms with Crippen molar-refractivity contribution in [1.82, 2.24) is 0 Å². The van der Waals surface area contributed by atoms with Crippen LogP contribution in [-0.2, 0) is 6.42 Å². The van der Waals surface area contributed by atoms with Gasteiger partial charge in [0.2, 0.25) is 0 Å². The Morgan fingerprint density at radius 2 is 1.14 bits per heavy atom. The van der Waals surface area contributed by atoms with Crippen LogP contribution in [0.3, 0.4) is 0 Å². The van der Waals surface area contributed by atoms with Gasteiger partial charge in [-0.3, -0.25) is 9.59 Å². The van der Waals surface area contributed by atoms with E-state index in [0.29, 0.717) is 12.1 Å². The van der Waals surface area contributed by atoms with Crippen molar-refractivity contribution in [1.29, 1.82) is 0 Å². The lowest BCUT2D eigenvalue weighted by atomic mass is 10.0. The molecule has 1 aliphatic rings. The summed E-state index contributed by atoms with van der Waals surface area (Å²) in [7, 11) is 0. The first-order valence-corrected chi connectivity index (χ1v) is 9.79. The van der Waals surface area contributed by atoms with Crippen molar-refractivity contribution >= 4 is 63.9 Å². The third kappa shape index (κ3) is 2.99. The number of imide groups is 1. The number of benzene rings is 3. The second-order valence-electron chi connectivity index (χ2n) is 6.24. The van der Waals surface area contributed by atoms with Crippen LogP contribution in [0.5, 0.6) is 0 Å². The van der Waals surface area contributed by atoms with E-state index in [4.69, 9.17) is 46.4 Å². The Hall–Kier alpha value is -2.04. The molecular weight excluding hydrogens is 440 g/mol. The van der Waals surface area contributed by atoms with E-state index in [-0.39, 0.29) is 31.2 Å². The zero-order chi connectivity index (χ0) is 20.0. The van der Waals surface area contributed by atoms with Crippen LogP contribution < -0.4 is 4.90 Å². The van der Waals surface area contributed by atoms with Gasteiger partial charge in [0.05, 0.1) is 36.9 Å². The molecular formula is C21H11Cl4NO2. The topological polar surface area (TPSA) is 37.4 Å². The van der Waals surface area contributed by atoms with Gasteiger partial charge in [-0.15, -0.1) is 0 Å². The highest BCUT2D eigenvalue weighted by atomic mass is 35.5. The number of hydrogen-bond donors (Lipinski definition) is 0. The van der Waals surface area contributed by atoms with Crippen LogP contribution >= 0.6 is 46.4 Å². The van der Waals surface area contributed by atoms with Gasteiger partial charge >= 0.3 is 0 Å². The van der Waals surface area contributed by atoms with Crippen molar-refractivity contribution in [2.45, 2.75) is 6.42 Å². The van der Waals surface area contributed by atoms with Gasteiger partial charge < -0.3 is 0 Å². The molecule has 0 aromatic heterocycles. The second kappa shape index (κ2) is 7.41. The van der Waals surface area contributed by atoms with E-state index in [1.165, 1.54) is 0 Å². The van der Waals surface area contributed by atoms with E-state index < -0.39 is 11.8 Å². The number of halogens is 4. The first-order valence-electron chi connectivity index (χ1n) is 8.28. The van der Waals surface area contributed by atoms with Crippen LogP contribution in [0.2, 0.25) is 20.1 Å². The van der Waals surface area contributed by atoms with Crippen molar-refractivity contribution in [2.75, 3.05) is 4.90 Å². The summed E-state index contributed by atoms with van der Waals surface area (Å²) in [5, 5.41) is -0.250. The highest BCUT2D eigenvalue weighted by Gasteiger charge is 2.42. The molecule has 0 atom stereocenters. The summed E-state index contributed by atoms with van der Waals surface area (Å²) in [5.74, 6) is -1.16. The van der Waals surface area contributed by atoms with Crippen LogP contribution in [-0.4, -0.2) is 11.8 Å². The smallest absolute Gasteiger partial charge is 0.267 e. The Bertz CT molecular complexity index is 1080. The van der Waals surface area contributed by atoms with E-state index in [1.807, 2.05) is 42.5 Å². The van der Waals surface area contributed by atoms with Gasteiger partial charge in [-0.05, 0) is 23.6 Å². The third-order valence-electron chi connectivity index (χ3n) is 4.57. The monoisotopic (exact) mass is 449 g/mol. The largest absolute Gasteiger partial charge is 0.268 e. The fourth-order valence-corrected chi connectivity index (χ4v) is 4.28. The molecule has 0 saturated carbocycles. The number of nitrogens with zero attached hydrogens (tertiary/aromatic N) is 1. The van der Waals surface area contributed by atoms with Crippen molar-refractivity contribution < 1.29 is 9.59 Å².